The first-order valence-corrected chi connectivity index (χ1v) is 11.0. The van der Waals surface area contributed by atoms with Gasteiger partial charge in [0, 0.05) is 0 Å². The molecule has 0 spiro atoms. The Morgan fingerprint density at radius 1 is 1.13 bits per heavy atom. The Labute approximate surface area is 186 Å². The largest absolute Gasteiger partial charge is 0.493 e. The highest BCUT2D eigenvalue weighted by atomic mass is 32.2. The SMILES string of the molecule is CCCCC1S/C(=N\N=C\c2ccc(OC)c(OC)c2)N(Cc2ccc(F)cc2)C1=O. The molecule has 0 aliphatic carbocycles. The number of thioether (sulfide) groups is 1. The molecule has 3 rings (SSSR count). The Hall–Kier alpha value is -2.87. The van der Waals surface area contributed by atoms with Gasteiger partial charge in [0.2, 0.25) is 5.91 Å². The van der Waals surface area contributed by atoms with Crippen LogP contribution in [0.4, 0.5) is 4.39 Å². The molecule has 6 nitrogen and oxygen atoms in total. The maximum absolute atomic E-state index is 13.2. The Morgan fingerprint density at radius 3 is 2.55 bits per heavy atom. The number of methoxy groups -OCH3 is 2. The van der Waals surface area contributed by atoms with Gasteiger partial charge in [-0.05, 0) is 47.9 Å². The summed E-state index contributed by atoms with van der Waals surface area (Å²) in [5.74, 6) is 0.942. The standard InChI is InChI=1S/C23H26FN3O3S/c1-4-5-6-21-22(28)27(15-16-7-10-18(24)11-8-16)23(31-21)26-25-14-17-9-12-19(29-2)20(13-17)30-3/h7-14,21H,4-6,15H2,1-3H3/b25-14+,26-23-. The van der Waals surface area contributed by atoms with E-state index in [9.17, 15) is 9.18 Å². The first-order valence-electron chi connectivity index (χ1n) is 10.1. The van der Waals surface area contributed by atoms with Crippen molar-refractivity contribution in [2.75, 3.05) is 14.2 Å². The lowest BCUT2D eigenvalue weighted by molar-refractivity contribution is -0.126. The predicted molar refractivity (Wildman–Crippen MR) is 122 cm³/mol. The number of carbonyl (C=O) groups excluding carboxylic acids is 1. The van der Waals surface area contributed by atoms with Crippen molar-refractivity contribution < 1.29 is 18.7 Å². The van der Waals surface area contributed by atoms with Crippen LogP contribution in [0.3, 0.4) is 0 Å². The van der Waals surface area contributed by atoms with Crippen LogP contribution in [0.1, 0.15) is 37.3 Å². The highest BCUT2D eigenvalue weighted by Gasteiger charge is 2.37. The summed E-state index contributed by atoms with van der Waals surface area (Å²) >= 11 is 1.43. The quantitative estimate of drug-likeness (QED) is 0.410. The lowest BCUT2D eigenvalue weighted by Gasteiger charge is -2.16. The van der Waals surface area contributed by atoms with E-state index in [-0.39, 0.29) is 17.0 Å². The van der Waals surface area contributed by atoms with Crippen molar-refractivity contribution >= 4 is 29.1 Å². The van der Waals surface area contributed by atoms with Crippen LogP contribution in [0, 0.1) is 5.82 Å². The molecule has 2 aromatic rings. The molecular weight excluding hydrogens is 417 g/mol. The summed E-state index contributed by atoms with van der Waals surface area (Å²) in [6, 6.07) is 11.6. The number of unbranched alkanes of at least 4 members (excludes halogenated alkanes) is 1. The van der Waals surface area contributed by atoms with E-state index in [4.69, 9.17) is 9.47 Å². The molecule has 164 valence electrons. The van der Waals surface area contributed by atoms with Crippen LogP contribution in [0.2, 0.25) is 0 Å². The van der Waals surface area contributed by atoms with E-state index in [1.807, 2.05) is 6.07 Å². The summed E-state index contributed by atoms with van der Waals surface area (Å²) in [7, 11) is 3.15. The minimum absolute atomic E-state index is 0.0165. The van der Waals surface area contributed by atoms with E-state index in [0.717, 1.165) is 30.4 Å². The second-order valence-corrected chi connectivity index (χ2v) is 8.21. The second-order valence-electron chi connectivity index (χ2n) is 7.04. The first kappa shape index (κ1) is 22.8. The summed E-state index contributed by atoms with van der Waals surface area (Å²) < 4.78 is 23.8. The zero-order valence-corrected chi connectivity index (χ0v) is 18.7. The van der Waals surface area contributed by atoms with Crippen molar-refractivity contribution in [2.45, 2.75) is 38.0 Å². The van der Waals surface area contributed by atoms with E-state index < -0.39 is 0 Å². The number of carbonyl (C=O) groups is 1. The maximum atomic E-state index is 13.2. The van der Waals surface area contributed by atoms with Crippen molar-refractivity contribution in [3.8, 4) is 11.5 Å². The first-order chi connectivity index (χ1) is 15.0. The van der Waals surface area contributed by atoms with E-state index in [0.29, 0.717) is 23.2 Å². The summed E-state index contributed by atoms with van der Waals surface area (Å²) in [5, 5.41) is 8.91. The third-order valence-corrected chi connectivity index (χ3v) is 6.09. The number of rotatable bonds is 9. The lowest BCUT2D eigenvalue weighted by atomic mass is 10.1. The molecule has 1 aliphatic rings. The third kappa shape index (κ3) is 5.85. The van der Waals surface area contributed by atoms with Crippen molar-refractivity contribution in [3.63, 3.8) is 0 Å². The highest BCUT2D eigenvalue weighted by molar-refractivity contribution is 8.15. The normalized spacial score (nSPS) is 17.7. The van der Waals surface area contributed by atoms with Gasteiger partial charge >= 0.3 is 0 Å². The van der Waals surface area contributed by atoms with Crippen LogP contribution in [0.15, 0.2) is 52.7 Å². The zero-order valence-electron chi connectivity index (χ0n) is 17.9. The second kappa shape index (κ2) is 10.9. The van der Waals surface area contributed by atoms with Crippen molar-refractivity contribution in [3.05, 3.63) is 59.4 Å². The molecule has 8 heteroatoms. The Balaban J connectivity index is 1.80. The molecule has 1 saturated heterocycles. The zero-order chi connectivity index (χ0) is 22.2. The third-order valence-electron chi connectivity index (χ3n) is 4.85. The average molecular weight is 444 g/mol. The Bertz CT molecular complexity index is 963. The summed E-state index contributed by atoms with van der Waals surface area (Å²) in [4.78, 5) is 14.6. The van der Waals surface area contributed by atoms with Gasteiger partial charge in [-0.1, -0.05) is 43.7 Å². The van der Waals surface area contributed by atoms with Gasteiger partial charge in [-0.2, -0.15) is 5.10 Å². The number of hydrogen-bond donors (Lipinski definition) is 0. The van der Waals surface area contributed by atoms with E-state index >= 15 is 0 Å². The fraction of sp³-hybridized carbons (Fsp3) is 0.348. The van der Waals surface area contributed by atoms with Crippen LogP contribution in [-0.2, 0) is 11.3 Å². The summed E-state index contributed by atoms with van der Waals surface area (Å²) in [6.07, 6.45) is 4.38. The van der Waals surface area contributed by atoms with Gasteiger partial charge in [0.15, 0.2) is 16.7 Å². The molecule has 0 N–H and O–H groups in total. The van der Waals surface area contributed by atoms with Gasteiger partial charge in [-0.15, -0.1) is 5.10 Å². The number of halogens is 1. The minimum Gasteiger partial charge on any atom is -0.493 e. The number of nitrogens with zero attached hydrogens (tertiary/aromatic N) is 3. The van der Waals surface area contributed by atoms with Gasteiger partial charge in [-0.3, -0.25) is 9.69 Å². The molecule has 2 aromatic carbocycles. The molecule has 1 atom stereocenters. The number of hydrogen-bond acceptors (Lipinski definition) is 6. The van der Waals surface area contributed by atoms with Gasteiger partial charge in [0.1, 0.15) is 5.82 Å². The molecule has 1 unspecified atom stereocenters. The maximum Gasteiger partial charge on any atom is 0.242 e. The smallest absolute Gasteiger partial charge is 0.242 e. The highest BCUT2D eigenvalue weighted by Crippen LogP contribution is 2.32. The van der Waals surface area contributed by atoms with Gasteiger partial charge in [0.05, 0.1) is 32.2 Å². The fourth-order valence-corrected chi connectivity index (χ4v) is 4.30. The molecule has 1 fully saturated rings. The lowest BCUT2D eigenvalue weighted by Crippen LogP contribution is -2.31. The number of amides is 1. The van der Waals surface area contributed by atoms with Crippen molar-refractivity contribution in [1.82, 2.24) is 4.90 Å². The van der Waals surface area contributed by atoms with Crippen molar-refractivity contribution in [2.24, 2.45) is 10.2 Å². The number of amidine groups is 1. The fourth-order valence-electron chi connectivity index (χ4n) is 3.15. The predicted octanol–water partition coefficient (Wildman–Crippen LogP) is 4.87. The van der Waals surface area contributed by atoms with Crippen LogP contribution >= 0.6 is 11.8 Å². The molecule has 1 amide bonds. The van der Waals surface area contributed by atoms with E-state index in [1.165, 1.54) is 23.9 Å². The van der Waals surface area contributed by atoms with Crippen LogP contribution < -0.4 is 9.47 Å². The summed E-state index contributed by atoms with van der Waals surface area (Å²) in [6.45, 7) is 2.43. The molecule has 0 bridgehead atoms. The average Bonchev–Trinajstić information content (AvgIpc) is 3.08. The Kier molecular flexibility index (Phi) is 8.06. The number of benzene rings is 2. The molecule has 0 radical (unpaired) electrons. The van der Waals surface area contributed by atoms with Gasteiger partial charge < -0.3 is 9.47 Å². The molecular formula is C23H26FN3O3S. The van der Waals surface area contributed by atoms with E-state index in [2.05, 4.69) is 17.1 Å². The molecule has 31 heavy (non-hydrogen) atoms. The number of ether oxygens (including phenoxy) is 2. The topological polar surface area (TPSA) is 63.5 Å². The molecule has 0 aromatic heterocycles. The monoisotopic (exact) mass is 443 g/mol. The Morgan fingerprint density at radius 2 is 1.87 bits per heavy atom. The van der Waals surface area contributed by atoms with Crippen LogP contribution in [-0.4, -0.2) is 41.7 Å². The molecule has 1 aliphatic heterocycles. The van der Waals surface area contributed by atoms with Crippen LogP contribution in [0.5, 0.6) is 11.5 Å². The molecule has 1 heterocycles. The summed E-state index contributed by atoms with van der Waals surface area (Å²) in [5.41, 5.74) is 1.63. The minimum atomic E-state index is -0.305. The molecule has 0 saturated carbocycles. The van der Waals surface area contributed by atoms with Gasteiger partial charge in [0.25, 0.3) is 0 Å². The van der Waals surface area contributed by atoms with Gasteiger partial charge in [-0.25, -0.2) is 4.39 Å². The van der Waals surface area contributed by atoms with E-state index in [1.54, 1.807) is 49.6 Å². The van der Waals surface area contributed by atoms with Crippen molar-refractivity contribution in [1.29, 1.82) is 0 Å². The van der Waals surface area contributed by atoms with Crippen LogP contribution in [0.25, 0.3) is 0 Å².